The third-order valence-electron chi connectivity index (χ3n) is 4.50. The summed E-state index contributed by atoms with van der Waals surface area (Å²) in [5.41, 5.74) is 4.91. The van der Waals surface area contributed by atoms with Crippen LogP contribution in [-0.2, 0) is 0 Å². The summed E-state index contributed by atoms with van der Waals surface area (Å²) in [6.45, 7) is 1.86. The Balaban J connectivity index is 1.52. The van der Waals surface area contributed by atoms with Crippen LogP contribution in [0.3, 0.4) is 0 Å². The third kappa shape index (κ3) is 3.27. The molecule has 5 heteroatoms. The van der Waals surface area contributed by atoms with Crippen molar-refractivity contribution in [1.82, 2.24) is 5.43 Å². The molecule has 1 N–H and O–H groups in total. The molecular weight excluding hydrogens is 340 g/mol. The molecule has 0 saturated carbocycles. The van der Waals surface area contributed by atoms with Crippen molar-refractivity contribution in [3.63, 3.8) is 0 Å². The molecule has 1 amide bonds. The first kappa shape index (κ1) is 16.8. The number of carbonyl (C=O) groups excluding carboxylic acids is 1. The molecule has 0 bridgehead atoms. The van der Waals surface area contributed by atoms with Crippen molar-refractivity contribution < 1.29 is 13.9 Å². The van der Waals surface area contributed by atoms with Crippen LogP contribution >= 0.6 is 0 Å². The Morgan fingerprint density at radius 2 is 1.85 bits per heavy atom. The van der Waals surface area contributed by atoms with Crippen LogP contribution in [-0.4, -0.2) is 19.2 Å². The van der Waals surface area contributed by atoms with Crippen LogP contribution in [0.15, 0.2) is 70.2 Å². The van der Waals surface area contributed by atoms with Crippen LogP contribution in [0.1, 0.15) is 21.7 Å². The van der Waals surface area contributed by atoms with Gasteiger partial charge in [-0.25, -0.2) is 5.43 Å². The summed E-state index contributed by atoms with van der Waals surface area (Å²) in [7, 11) is 1.65. The number of benzene rings is 3. The van der Waals surface area contributed by atoms with Gasteiger partial charge >= 0.3 is 5.91 Å². The molecule has 0 aliphatic carbocycles. The number of para-hydroxylation sites is 1. The van der Waals surface area contributed by atoms with Gasteiger partial charge in [0.05, 0.1) is 13.3 Å². The lowest BCUT2D eigenvalue weighted by Crippen LogP contribution is -2.17. The molecule has 0 saturated heterocycles. The van der Waals surface area contributed by atoms with Gasteiger partial charge in [-0.2, -0.15) is 5.10 Å². The van der Waals surface area contributed by atoms with Crippen molar-refractivity contribution in [3.8, 4) is 5.75 Å². The van der Waals surface area contributed by atoms with Crippen LogP contribution in [0, 0.1) is 6.92 Å². The van der Waals surface area contributed by atoms with Crippen molar-refractivity contribution in [2.45, 2.75) is 6.92 Å². The van der Waals surface area contributed by atoms with E-state index in [0.29, 0.717) is 5.58 Å². The largest absolute Gasteiger partial charge is 0.497 e. The van der Waals surface area contributed by atoms with E-state index in [-0.39, 0.29) is 11.7 Å². The predicted octanol–water partition coefficient (Wildman–Crippen LogP) is 4.67. The Labute approximate surface area is 156 Å². The highest BCUT2D eigenvalue weighted by molar-refractivity contribution is 5.99. The van der Waals surface area contributed by atoms with E-state index in [2.05, 4.69) is 10.5 Å². The van der Waals surface area contributed by atoms with Crippen LogP contribution in [0.4, 0.5) is 0 Å². The van der Waals surface area contributed by atoms with Gasteiger partial charge in [0, 0.05) is 10.9 Å². The van der Waals surface area contributed by atoms with E-state index in [1.807, 2.05) is 67.6 Å². The number of carbonyl (C=O) groups is 1. The molecule has 0 fully saturated rings. The Morgan fingerprint density at radius 3 is 2.67 bits per heavy atom. The first-order valence-electron chi connectivity index (χ1n) is 8.55. The summed E-state index contributed by atoms with van der Waals surface area (Å²) in [6, 6.07) is 19.4. The van der Waals surface area contributed by atoms with Crippen molar-refractivity contribution in [3.05, 3.63) is 77.6 Å². The number of hydrazone groups is 1. The number of nitrogens with zero attached hydrogens (tertiary/aromatic N) is 1. The number of rotatable bonds is 4. The van der Waals surface area contributed by atoms with E-state index in [1.165, 1.54) is 0 Å². The molecule has 0 spiro atoms. The van der Waals surface area contributed by atoms with Crippen molar-refractivity contribution in [2.24, 2.45) is 5.10 Å². The minimum Gasteiger partial charge on any atom is -0.497 e. The molecule has 0 atom stereocenters. The highest BCUT2D eigenvalue weighted by atomic mass is 16.5. The maximum atomic E-state index is 12.4. The Bertz CT molecular complexity index is 1170. The second-order valence-corrected chi connectivity index (χ2v) is 6.22. The Morgan fingerprint density at radius 1 is 1.07 bits per heavy atom. The zero-order valence-electron chi connectivity index (χ0n) is 15.0. The number of furan rings is 1. The predicted molar refractivity (Wildman–Crippen MR) is 107 cm³/mol. The molecule has 1 aromatic heterocycles. The summed E-state index contributed by atoms with van der Waals surface area (Å²) in [6.07, 6.45) is 1.61. The van der Waals surface area contributed by atoms with Gasteiger partial charge in [0.15, 0.2) is 5.76 Å². The molecule has 0 aliphatic rings. The first-order chi connectivity index (χ1) is 13.2. The van der Waals surface area contributed by atoms with Crippen molar-refractivity contribution in [2.75, 3.05) is 7.11 Å². The van der Waals surface area contributed by atoms with E-state index in [4.69, 9.17) is 9.15 Å². The van der Waals surface area contributed by atoms with Gasteiger partial charge < -0.3 is 9.15 Å². The SMILES string of the molecule is COc1ccc2cc(/C=N\NC(=O)c3oc4ccccc4c3C)ccc2c1. The second kappa shape index (κ2) is 6.96. The summed E-state index contributed by atoms with van der Waals surface area (Å²) in [5, 5.41) is 7.13. The lowest BCUT2D eigenvalue weighted by Gasteiger charge is -2.03. The summed E-state index contributed by atoms with van der Waals surface area (Å²) >= 11 is 0. The average molecular weight is 358 g/mol. The van der Waals surface area contributed by atoms with Gasteiger partial charge in [0.1, 0.15) is 11.3 Å². The number of hydrogen-bond acceptors (Lipinski definition) is 4. The molecule has 0 aliphatic heterocycles. The van der Waals surface area contributed by atoms with Crippen LogP contribution in [0.5, 0.6) is 5.75 Å². The topological polar surface area (TPSA) is 63.8 Å². The molecule has 0 radical (unpaired) electrons. The molecular formula is C22H18N2O3. The van der Waals surface area contributed by atoms with Crippen molar-refractivity contribution >= 4 is 33.9 Å². The molecule has 27 heavy (non-hydrogen) atoms. The standard InChI is InChI=1S/C22H18N2O3/c1-14-19-5-3-4-6-20(19)27-21(14)22(25)24-23-13-15-7-8-17-12-18(26-2)10-9-16(17)11-15/h3-13H,1-2H3,(H,24,25)/b23-13-. The molecule has 0 unspecified atom stereocenters. The second-order valence-electron chi connectivity index (χ2n) is 6.22. The fourth-order valence-electron chi connectivity index (χ4n) is 3.06. The van der Waals surface area contributed by atoms with Crippen LogP contribution < -0.4 is 10.2 Å². The third-order valence-corrected chi connectivity index (χ3v) is 4.50. The van der Waals surface area contributed by atoms with Gasteiger partial charge in [0.25, 0.3) is 0 Å². The number of amides is 1. The highest BCUT2D eigenvalue weighted by Crippen LogP contribution is 2.25. The summed E-state index contributed by atoms with van der Waals surface area (Å²) in [4.78, 5) is 12.4. The fourth-order valence-corrected chi connectivity index (χ4v) is 3.06. The van der Waals surface area contributed by atoms with E-state index in [9.17, 15) is 4.79 Å². The smallest absolute Gasteiger partial charge is 0.307 e. The Kier molecular flexibility index (Phi) is 4.34. The maximum Gasteiger partial charge on any atom is 0.307 e. The number of ether oxygens (including phenoxy) is 1. The van der Waals surface area contributed by atoms with Crippen LogP contribution in [0.25, 0.3) is 21.7 Å². The molecule has 5 nitrogen and oxygen atoms in total. The van der Waals surface area contributed by atoms with Gasteiger partial charge in [-0.3, -0.25) is 4.79 Å². The fraction of sp³-hybridized carbons (Fsp3) is 0.0909. The first-order valence-corrected chi connectivity index (χ1v) is 8.55. The van der Waals surface area contributed by atoms with E-state index in [1.54, 1.807) is 13.3 Å². The Hall–Kier alpha value is -3.60. The molecule has 3 aromatic carbocycles. The molecule has 134 valence electrons. The summed E-state index contributed by atoms with van der Waals surface area (Å²) in [5.74, 6) is 0.724. The van der Waals surface area contributed by atoms with Crippen molar-refractivity contribution in [1.29, 1.82) is 0 Å². The number of methoxy groups -OCH3 is 1. The molecule has 1 heterocycles. The molecule has 4 aromatic rings. The average Bonchev–Trinajstić information content (AvgIpc) is 3.04. The lowest BCUT2D eigenvalue weighted by atomic mass is 10.1. The number of aryl methyl sites for hydroxylation is 1. The zero-order valence-corrected chi connectivity index (χ0v) is 15.0. The van der Waals surface area contributed by atoms with E-state index < -0.39 is 0 Å². The van der Waals surface area contributed by atoms with Gasteiger partial charge in [-0.05, 0) is 47.5 Å². The van der Waals surface area contributed by atoms with E-state index in [0.717, 1.165) is 33.0 Å². The number of fused-ring (bicyclic) bond motifs is 2. The summed E-state index contributed by atoms with van der Waals surface area (Å²) < 4.78 is 10.9. The number of nitrogens with one attached hydrogen (secondary N) is 1. The van der Waals surface area contributed by atoms with E-state index >= 15 is 0 Å². The number of hydrogen-bond donors (Lipinski definition) is 1. The lowest BCUT2D eigenvalue weighted by molar-refractivity contribution is 0.0929. The van der Waals surface area contributed by atoms with Crippen LogP contribution in [0.2, 0.25) is 0 Å². The van der Waals surface area contributed by atoms with Gasteiger partial charge in [0.2, 0.25) is 0 Å². The quantitative estimate of drug-likeness (QED) is 0.426. The normalized spacial score (nSPS) is 11.3. The van der Waals surface area contributed by atoms with Gasteiger partial charge in [-0.1, -0.05) is 36.4 Å². The molecule has 4 rings (SSSR count). The maximum absolute atomic E-state index is 12.4. The highest BCUT2D eigenvalue weighted by Gasteiger charge is 2.16. The van der Waals surface area contributed by atoms with Gasteiger partial charge in [-0.15, -0.1) is 0 Å². The minimum atomic E-state index is -0.370. The minimum absolute atomic E-state index is 0.277. The zero-order chi connectivity index (χ0) is 18.8. The monoisotopic (exact) mass is 358 g/mol.